The van der Waals surface area contributed by atoms with E-state index in [-0.39, 0.29) is 0 Å². The zero-order valence-corrected chi connectivity index (χ0v) is 21.3. The zero-order chi connectivity index (χ0) is 26.0. The van der Waals surface area contributed by atoms with Gasteiger partial charge in [-0.2, -0.15) is 0 Å². The molecule has 38 heavy (non-hydrogen) atoms. The van der Waals surface area contributed by atoms with Crippen LogP contribution in [0.1, 0.15) is 28.3 Å². The lowest BCUT2D eigenvalue weighted by atomic mass is 9.81. The summed E-state index contributed by atoms with van der Waals surface area (Å²) in [5, 5.41) is 0. The van der Waals surface area contributed by atoms with Crippen LogP contribution < -0.4 is 4.57 Å². The van der Waals surface area contributed by atoms with Gasteiger partial charge in [-0.05, 0) is 60.2 Å². The van der Waals surface area contributed by atoms with Crippen LogP contribution in [0.4, 0.5) is 0 Å². The molecule has 0 radical (unpaired) electrons. The van der Waals surface area contributed by atoms with Crippen molar-refractivity contribution in [2.75, 3.05) is 0 Å². The summed E-state index contributed by atoms with van der Waals surface area (Å²) in [6, 6.07) is 28.6. The van der Waals surface area contributed by atoms with Crippen molar-refractivity contribution in [3.8, 4) is 0 Å². The third-order valence-corrected chi connectivity index (χ3v) is 6.64. The summed E-state index contributed by atoms with van der Waals surface area (Å²) in [5.41, 5.74) is 4.27. The highest BCUT2D eigenvalue weighted by Gasteiger charge is 2.43. The fraction of sp³-hybridized carbons (Fsp3) is 0.156. The van der Waals surface area contributed by atoms with Gasteiger partial charge in [0.1, 0.15) is 5.54 Å². The van der Waals surface area contributed by atoms with E-state index >= 15 is 0 Å². The number of nitrogens with zero attached hydrogens (tertiary/aromatic N) is 6. The first-order valence-corrected chi connectivity index (χ1v) is 12.7. The Kier molecular flexibility index (Phi) is 8.01. The number of hydrogen-bond acceptors (Lipinski definition) is 5. The predicted octanol–water partition coefficient (Wildman–Crippen LogP) is 4.93. The van der Waals surface area contributed by atoms with Crippen LogP contribution in [0.2, 0.25) is 0 Å². The van der Waals surface area contributed by atoms with E-state index in [0.717, 1.165) is 29.3 Å². The van der Waals surface area contributed by atoms with Crippen molar-refractivity contribution < 1.29 is 4.57 Å². The molecule has 0 bridgehead atoms. The molecule has 5 aromatic rings. The lowest BCUT2D eigenvalue weighted by Gasteiger charge is -2.43. The largest absolute Gasteiger partial charge is 0.275 e. The number of hydrogen-bond donors (Lipinski definition) is 0. The Morgan fingerprint density at radius 3 is 1.58 bits per heavy atom. The molecule has 188 valence electrons. The molecule has 0 aromatic carbocycles. The Morgan fingerprint density at radius 2 is 1.16 bits per heavy atom. The topological polar surface area (TPSA) is 58.7 Å². The van der Waals surface area contributed by atoms with Crippen LogP contribution in [0.15, 0.2) is 135 Å². The van der Waals surface area contributed by atoms with Crippen LogP contribution in [0, 0.1) is 0 Å². The number of pyridine rings is 5. The second-order valence-corrected chi connectivity index (χ2v) is 9.16. The molecule has 6 nitrogen and oxygen atoms in total. The lowest BCUT2D eigenvalue weighted by Crippen LogP contribution is -2.49. The van der Waals surface area contributed by atoms with Crippen LogP contribution >= 0.6 is 0 Å². The van der Waals surface area contributed by atoms with Crippen LogP contribution in [-0.4, -0.2) is 24.8 Å². The molecule has 0 unspecified atom stereocenters. The Bertz CT molecular complexity index is 1330. The minimum atomic E-state index is -0.692. The SMILES string of the molecule is C=CC[n+]1ccc(CC(c2ccccn2)(c2ccccn2)N(Cc2ccccn2)Cc2ccccn2)cc1. The van der Waals surface area contributed by atoms with Crippen molar-refractivity contribution in [1.29, 1.82) is 0 Å². The molecule has 0 N–H and O–H groups in total. The number of aromatic nitrogens is 5. The van der Waals surface area contributed by atoms with E-state index in [9.17, 15) is 0 Å². The van der Waals surface area contributed by atoms with Crippen LogP contribution in [-0.2, 0) is 31.6 Å². The van der Waals surface area contributed by atoms with Crippen molar-refractivity contribution in [3.63, 3.8) is 0 Å². The van der Waals surface area contributed by atoms with Gasteiger partial charge in [-0.1, -0.05) is 30.8 Å². The fourth-order valence-electron chi connectivity index (χ4n) is 4.84. The van der Waals surface area contributed by atoms with E-state index in [0.29, 0.717) is 19.5 Å². The quantitative estimate of drug-likeness (QED) is 0.191. The first-order chi connectivity index (χ1) is 18.8. The van der Waals surface area contributed by atoms with Gasteiger partial charge in [0.05, 0.1) is 22.8 Å². The predicted molar refractivity (Wildman–Crippen MR) is 148 cm³/mol. The van der Waals surface area contributed by atoms with E-state index < -0.39 is 5.54 Å². The Morgan fingerprint density at radius 1 is 0.658 bits per heavy atom. The van der Waals surface area contributed by atoms with E-state index in [4.69, 9.17) is 9.97 Å². The van der Waals surface area contributed by atoms with Crippen molar-refractivity contribution in [2.45, 2.75) is 31.6 Å². The van der Waals surface area contributed by atoms with Crippen molar-refractivity contribution in [3.05, 3.63) is 163 Å². The minimum absolute atomic E-state index is 0.591. The van der Waals surface area contributed by atoms with Crippen LogP contribution in [0.5, 0.6) is 0 Å². The number of rotatable bonds is 11. The normalized spacial score (nSPS) is 11.4. The molecule has 0 atom stereocenters. The average molecular weight is 500 g/mol. The lowest BCUT2D eigenvalue weighted by molar-refractivity contribution is -0.687. The van der Waals surface area contributed by atoms with Crippen molar-refractivity contribution in [2.24, 2.45) is 0 Å². The molecule has 0 aliphatic heterocycles. The summed E-state index contributed by atoms with van der Waals surface area (Å²) in [5.74, 6) is 0. The first kappa shape index (κ1) is 25.1. The molecule has 0 aliphatic rings. The Balaban J connectivity index is 1.71. The smallest absolute Gasteiger partial charge is 0.169 e. The van der Waals surface area contributed by atoms with Crippen molar-refractivity contribution in [1.82, 2.24) is 24.8 Å². The summed E-state index contributed by atoms with van der Waals surface area (Å²) in [6.07, 6.45) is 14.1. The molecular formula is C32H31N6+. The molecule has 0 amide bonds. The maximum atomic E-state index is 4.93. The molecule has 0 fully saturated rings. The van der Waals surface area contributed by atoms with Gasteiger partial charge in [0.2, 0.25) is 0 Å². The maximum Gasteiger partial charge on any atom is 0.169 e. The van der Waals surface area contributed by atoms with Gasteiger partial charge in [-0.25, -0.2) is 4.57 Å². The molecule has 5 heterocycles. The highest BCUT2D eigenvalue weighted by atomic mass is 15.2. The van der Waals surface area contributed by atoms with Gasteiger partial charge in [-0.3, -0.25) is 24.8 Å². The molecule has 5 aromatic heterocycles. The second kappa shape index (κ2) is 12.1. The van der Waals surface area contributed by atoms with Gasteiger partial charge in [0.25, 0.3) is 0 Å². The van der Waals surface area contributed by atoms with E-state index in [1.165, 1.54) is 5.56 Å². The maximum absolute atomic E-state index is 4.93. The summed E-state index contributed by atoms with van der Waals surface area (Å²) in [6.45, 7) is 5.81. The van der Waals surface area contributed by atoms with Crippen molar-refractivity contribution >= 4 is 0 Å². The molecular weight excluding hydrogens is 468 g/mol. The summed E-state index contributed by atoms with van der Waals surface area (Å²) < 4.78 is 2.11. The molecule has 0 saturated carbocycles. The first-order valence-electron chi connectivity index (χ1n) is 12.7. The summed E-state index contributed by atoms with van der Waals surface area (Å²) in [7, 11) is 0. The van der Waals surface area contributed by atoms with Crippen LogP contribution in [0.3, 0.4) is 0 Å². The highest BCUT2D eigenvalue weighted by molar-refractivity contribution is 5.34. The molecule has 0 spiro atoms. The van der Waals surface area contributed by atoms with Gasteiger partial charge in [-0.15, -0.1) is 0 Å². The molecule has 0 aliphatic carbocycles. The monoisotopic (exact) mass is 499 g/mol. The molecule has 5 rings (SSSR count). The third kappa shape index (κ3) is 5.71. The summed E-state index contributed by atoms with van der Waals surface area (Å²) in [4.78, 5) is 21.6. The number of allylic oxidation sites excluding steroid dienone is 1. The van der Waals surface area contributed by atoms with Gasteiger partial charge in [0.15, 0.2) is 18.9 Å². The van der Waals surface area contributed by atoms with Gasteiger partial charge in [0, 0.05) is 56.4 Å². The molecule has 0 saturated heterocycles. The average Bonchev–Trinajstić information content (AvgIpc) is 2.99. The summed E-state index contributed by atoms with van der Waals surface area (Å²) >= 11 is 0. The zero-order valence-electron chi connectivity index (χ0n) is 21.3. The van der Waals surface area contributed by atoms with E-state index in [1.54, 1.807) is 0 Å². The fourth-order valence-corrected chi connectivity index (χ4v) is 4.84. The Labute approximate surface area is 224 Å². The van der Waals surface area contributed by atoms with Gasteiger partial charge < -0.3 is 0 Å². The third-order valence-electron chi connectivity index (χ3n) is 6.64. The standard InChI is InChI=1S/C32H31N6/c1-2-21-37-22-15-27(16-23-37)24-32(30-13-5-9-19-35-30,31-14-6-10-20-36-31)38(25-28-11-3-7-17-33-28)26-29-12-4-8-18-34-29/h2-20,22-23H,1,21,24-26H2/q+1. The van der Waals surface area contributed by atoms with E-state index in [2.05, 4.69) is 74.8 Å². The highest BCUT2D eigenvalue weighted by Crippen LogP contribution is 2.39. The van der Waals surface area contributed by atoms with E-state index in [1.807, 2.05) is 79.4 Å². The van der Waals surface area contributed by atoms with Gasteiger partial charge >= 0.3 is 0 Å². The Hall–Kier alpha value is -4.55. The second-order valence-electron chi connectivity index (χ2n) is 9.16. The molecule has 6 heteroatoms. The minimum Gasteiger partial charge on any atom is -0.275 e. The van der Waals surface area contributed by atoms with Crippen LogP contribution in [0.25, 0.3) is 0 Å².